The van der Waals surface area contributed by atoms with Crippen molar-refractivity contribution in [3.63, 3.8) is 0 Å². The van der Waals surface area contributed by atoms with Crippen molar-refractivity contribution in [3.05, 3.63) is 22.7 Å². The van der Waals surface area contributed by atoms with Crippen LogP contribution in [0, 0.1) is 0 Å². The van der Waals surface area contributed by atoms with Gasteiger partial charge in [-0.05, 0) is 26.8 Å². The maximum Gasteiger partial charge on any atom is 0.509 e. The number of aromatic nitrogens is 2. The summed E-state index contributed by atoms with van der Waals surface area (Å²) in [5, 5.41) is 9.25. The predicted octanol–water partition coefficient (Wildman–Crippen LogP) is 0.702. The van der Waals surface area contributed by atoms with Crippen LogP contribution in [0.1, 0.15) is 20.8 Å². The first-order valence-corrected chi connectivity index (χ1v) is 7.19. The number of halogens is 2. The van der Waals surface area contributed by atoms with E-state index in [1.54, 1.807) is 0 Å². The molecule has 2 atom stereocenters. The molecule has 0 bridgehead atoms. The molecule has 0 spiro atoms. The van der Waals surface area contributed by atoms with Crippen molar-refractivity contribution in [2.24, 2.45) is 0 Å². The molecule has 9 nitrogen and oxygen atoms in total. The Morgan fingerprint density at radius 3 is 2.48 bits per heavy atom. The zero-order valence-electron chi connectivity index (χ0n) is 14.2. The largest absolute Gasteiger partial charge is 0.509 e. The first kappa shape index (κ1) is 20.8. The van der Waals surface area contributed by atoms with Crippen LogP contribution in [0.15, 0.2) is 17.1 Å². The van der Waals surface area contributed by atoms with E-state index in [1.807, 2.05) is 0 Å². The van der Waals surface area contributed by atoms with Crippen molar-refractivity contribution < 1.29 is 32.9 Å². The zero-order chi connectivity index (χ0) is 19.4. The normalized spacial score (nSPS) is 14.7. The summed E-state index contributed by atoms with van der Waals surface area (Å²) in [5.41, 5.74) is 2.90. The predicted molar refractivity (Wildman–Crippen MR) is 82.1 cm³/mol. The molecule has 1 aromatic heterocycles. The lowest BCUT2D eigenvalue weighted by atomic mass is 10.1. The third-order valence-corrected chi connectivity index (χ3v) is 2.92. The number of nitrogen functional groups attached to an aromatic ring is 1. The van der Waals surface area contributed by atoms with Gasteiger partial charge in [0.2, 0.25) is 6.10 Å². The van der Waals surface area contributed by atoms with Gasteiger partial charge in [0.1, 0.15) is 17.5 Å². The van der Waals surface area contributed by atoms with E-state index < -0.39 is 42.3 Å². The van der Waals surface area contributed by atoms with E-state index >= 15 is 0 Å². The average Bonchev–Trinajstić information content (AvgIpc) is 2.45. The van der Waals surface area contributed by atoms with Gasteiger partial charge >= 0.3 is 17.9 Å². The Bertz CT molecular complexity index is 655. The molecule has 0 saturated heterocycles. The monoisotopic (exact) mass is 365 g/mol. The maximum absolute atomic E-state index is 14.8. The minimum atomic E-state index is -4.10. The zero-order valence-corrected chi connectivity index (χ0v) is 14.2. The van der Waals surface area contributed by atoms with Crippen LogP contribution in [0.3, 0.4) is 0 Å². The van der Waals surface area contributed by atoms with E-state index in [9.17, 15) is 23.5 Å². The van der Waals surface area contributed by atoms with Crippen molar-refractivity contribution >= 4 is 12.0 Å². The standard InChI is InChI=1S/C14H21F2N3O6/c1-13(2,3)25-12(22)24-10(8(7-20)23-4)14(15,16)19-6-5-9(17)18-11(19)21/h5-6,8,10,20H,7H2,1-4H3,(H2,17,18,21). The summed E-state index contributed by atoms with van der Waals surface area (Å²) in [6, 6.07) is -3.13. The highest BCUT2D eigenvalue weighted by Crippen LogP contribution is 2.30. The first-order chi connectivity index (χ1) is 11.4. The van der Waals surface area contributed by atoms with E-state index in [2.05, 4.69) is 9.72 Å². The van der Waals surface area contributed by atoms with Crippen LogP contribution in [0.4, 0.5) is 19.4 Å². The highest BCUT2D eigenvalue weighted by molar-refractivity contribution is 5.60. The van der Waals surface area contributed by atoms with Gasteiger partial charge in [0.15, 0.2) is 0 Å². The minimum Gasteiger partial charge on any atom is -0.429 e. The van der Waals surface area contributed by atoms with Gasteiger partial charge in [0.05, 0.1) is 6.61 Å². The second-order valence-electron chi connectivity index (χ2n) is 6.05. The minimum absolute atomic E-state index is 0.0694. The second-order valence-corrected chi connectivity index (χ2v) is 6.05. The van der Waals surface area contributed by atoms with Gasteiger partial charge in [-0.1, -0.05) is 0 Å². The summed E-state index contributed by atoms with van der Waals surface area (Å²) in [4.78, 5) is 26.7. The lowest BCUT2D eigenvalue weighted by Crippen LogP contribution is -2.53. The molecular weight excluding hydrogens is 344 g/mol. The van der Waals surface area contributed by atoms with Crippen molar-refractivity contribution in [2.75, 3.05) is 19.5 Å². The number of anilines is 1. The third-order valence-electron chi connectivity index (χ3n) is 2.92. The van der Waals surface area contributed by atoms with Gasteiger partial charge in [-0.15, -0.1) is 0 Å². The molecular formula is C14H21F2N3O6. The number of hydrogen-bond donors (Lipinski definition) is 2. The molecule has 2 unspecified atom stereocenters. The van der Waals surface area contributed by atoms with Crippen molar-refractivity contribution in [3.8, 4) is 0 Å². The number of hydrogen-bond acceptors (Lipinski definition) is 8. The Balaban J connectivity index is 3.25. The number of nitrogens with zero attached hydrogens (tertiary/aromatic N) is 2. The number of methoxy groups -OCH3 is 1. The maximum atomic E-state index is 14.8. The number of rotatable bonds is 6. The molecule has 1 heterocycles. The van der Waals surface area contributed by atoms with Gasteiger partial charge in [-0.25, -0.2) is 14.2 Å². The summed E-state index contributed by atoms with van der Waals surface area (Å²) in [6.45, 7) is 3.62. The third kappa shape index (κ3) is 5.36. The van der Waals surface area contributed by atoms with Crippen molar-refractivity contribution in [1.29, 1.82) is 0 Å². The molecule has 11 heteroatoms. The molecule has 0 fully saturated rings. The summed E-state index contributed by atoms with van der Waals surface area (Å²) in [5.74, 6) is -0.257. The van der Waals surface area contributed by atoms with Crippen LogP contribution < -0.4 is 11.4 Å². The average molecular weight is 365 g/mol. The van der Waals surface area contributed by atoms with E-state index in [1.165, 1.54) is 20.8 Å². The molecule has 0 aliphatic heterocycles. The molecule has 3 N–H and O–H groups in total. The number of nitrogens with two attached hydrogens (primary N) is 1. The van der Waals surface area contributed by atoms with Crippen LogP contribution in [-0.4, -0.2) is 52.3 Å². The molecule has 142 valence electrons. The molecule has 0 amide bonds. The Hall–Kier alpha value is -2.27. The Morgan fingerprint density at radius 2 is 2.04 bits per heavy atom. The molecule has 1 rings (SSSR count). The fourth-order valence-electron chi connectivity index (χ4n) is 1.82. The van der Waals surface area contributed by atoms with E-state index in [-0.39, 0.29) is 10.4 Å². The molecule has 1 aromatic rings. The van der Waals surface area contributed by atoms with Gasteiger partial charge < -0.3 is 25.1 Å². The molecule has 0 radical (unpaired) electrons. The highest BCUT2D eigenvalue weighted by atomic mass is 19.3. The molecule has 0 aliphatic rings. The Labute approximate surface area is 142 Å². The quantitative estimate of drug-likeness (QED) is 0.706. The summed E-state index contributed by atoms with van der Waals surface area (Å²) in [6.07, 6.45) is -4.71. The summed E-state index contributed by atoms with van der Waals surface area (Å²) >= 11 is 0. The van der Waals surface area contributed by atoms with Crippen molar-refractivity contribution in [2.45, 2.75) is 44.6 Å². The molecule has 0 saturated carbocycles. The number of ether oxygens (including phenoxy) is 3. The van der Waals surface area contributed by atoms with Crippen molar-refractivity contribution in [1.82, 2.24) is 9.55 Å². The van der Waals surface area contributed by atoms with E-state index in [0.29, 0.717) is 6.20 Å². The Morgan fingerprint density at radius 1 is 1.44 bits per heavy atom. The topological polar surface area (TPSA) is 126 Å². The highest BCUT2D eigenvalue weighted by Gasteiger charge is 2.51. The second kappa shape index (κ2) is 7.74. The lowest BCUT2D eigenvalue weighted by molar-refractivity contribution is -0.224. The van der Waals surface area contributed by atoms with E-state index in [0.717, 1.165) is 13.2 Å². The van der Waals surface area contributed by atoms with Crippen LogP contribution in [0.5, 0.6) is 0 Å². The summed E-state index contributed by atoms with van der Waals surface area (Å²) < 4.78 is 43.7. The van der Waals surface area contributed by atoms with Crippen LogP contribution >= 0.6 is 0 Å². The molecule has 0 aliphatic carbocycles. The molecule has 0 aromatic carbocycles. The smallest absolute Gasteiger partial charge is 0.429 e. The number of carbonyl (C=O) groups excluding carboxylic acids is 1. The number of alkyl halides is 2. The van der Waals surface area contributed by atoms with Crippen LogP contribution in [-0.2, 0) is 20.3 Å². The van der Waals surface area contributed by atoms with Gasteiger partial charge in [-0.2, -0.15) is 13.8 Å². The van der Waals surface area contributed by atoms with Gasteiger partial charge in [0.25, 0.3) is 0 Å². The number of carbonyl (C=O) groups is 1. The number of aliphatic hydroxyl groups excluding tert-OH is 1. The molecule has 25 heavy (non-hydrogen) atoms. The van der Waals surface area contributed by atoms with Gasteiger partial charge in [0, 0.05) is 13.3 Å². The summed E-state index contributed by atoms with van der Waals surface area (Å²) in [7, 11) is 1.03. The van der Waals surface area contributed by atoms with Crippen LogP contribution in [0.25, 0.3) is 0 Å². The fraction of sp³-hybridized carbons (Fsp3) is 0.643. The number of aliphatic hydroxyl groups is 1. The van der Waals surface area contributed by atoms with E-state index in [4.69, 9.17) is 15.2 Å². The van der Waals surface area contributed by atoms with Gasteiger partial charge in [-0.3, -0.25) is 0 Å². The lowest BCUT2D eigenvalue weighted by Gasteiger charge is -2.32. The first-order valence-electron chi connectivity index (χ1n) is 7.19. The Kier molecular flexibility index (Phi) is 6.43. The van der Waals surface area contributed by atoms with Crippen LogP contribution in [0.2, 0.25) is 0 Å². The fourth-order valence-corrected chi connectivity index (χ4v) is 1.82. The SMILES string of the molecule is COC(CO)C(OC(=O)OC(C)(C)C)C(F)(F)n1ccc(N)nc1=O.